The number of anilines is 1. The van der Waals surface area contributed by atoms with Gasteiger partial charge in [-0.15, -0.1) is 0 Å². The number of carbonyl (C=O) groups is 1. The number of nitrogens with one attached hydrogen (secondary N) is 1. The Balaban J connectivity index is 1.46. The second-order valence-corrected chi connectivity index (χ2v) is 7.14. The molecule has 8 heteroatoms. The van der Waals surface area contributed by atoms with E-state index in [1.165, 1.54) is 22.2 Å². The van der Waals surface area contributed by atoms with Crippen molar-refractivity contribution in [3.05, 3.63) is 59.1 Å². The summed E-state index contributed by atoms with van der Waals surface area (Å²) in [6.45, 7) is 2.71. The molecular formula is C20H18N4O3S. The Labute approximate surface area is 164 Å². The fourth-order valence-corrected chi connectivity index (χ4v) is 3.82. The molecule has 0 aliphatic carbocycles. The molecule has 1 amide bonds. The van der Waals surface area contributed by atoms with Crippen LogP contribution in [0.25, 0.3) is 21.1 Å². The molecule has 0 unspecified atom stereocenters. The van der Waals surface area contributed by atoms with E-state index >= 15 is 0 Å². The molecule has 0 aliphatic heterocycles. The molecule has 2 heterocycles. The number of amides is 1. The molecule has 0 radical (unpaired) electrons. The van der Waals surface area contributed by atoms with E-state index in [-0.39, 0.29) is 24.4 Å². The molecule has 0 fully saturated rings. The third kappa shape index (κ3) is 3.59. The molecule has 0 saturated carbocycles. The fraction of sp³-hybridized carbons (Fsp3) is 0.200. The molecule has 4 aromatic rings. The van der Waals surface area contributed by atoms with Crippen LogP contribution >= 0.6 is 11.3 Å². The molecule has 1 N–H and O–H groups in total. The Bertz CT molecular complexity index is 1220. The van der Waals surface area contributed by atoms with Gasteiger partial charge in [0.2, 0.25) is 5.91 Å². The predicted molar refractivity (Wildman–Crippen MR) is 110 cm³/mol. The smallest absolute Gasteiger partial charge is 0.261 e. The molecule has 2 aromatic heterocycles. The van der Waals surface area contributed by atoms with E-state index in [2.05, 4.69) is 15.3 Å². The van der Waals surface area contributed by atoms with Gasteiger partial charge < -0.3 is 10.1 Å². The Morgan fingerprint density at radius 1 is 1.21 bits per heavy atom. The molecular weight excluding hydrogens is 376 g/mol. The number of benzene rings is 2. The lowest BCUT2D eigenvalue weighted by atomic mass is 10.2. The van der Waals surface area contributed by atoms with Gasteiger partial charge in [-0.2, -0.15) is 0 Å². The number of nitrogens with zero attached hydrogens (tertiary/aromatic N) is 3. The lowest BCUT2D eigenvalue weighted by molar-refractivity contribution is -0.116. The van der Waals surface area contributed by atoms with Gasteiger partial charge in [0, 0.05) is 13.0 Å². The second kappa shape index (κ2) is 7.77. The normalized spacial score (nSPS) is 11.0. The first-order valence-electron chi connectivity index (χ1n) is 8.92. The number of carbonyl (C=O) groups excluding carboxylic acids is 1. The van der Waals surface area contributed by atoms with Crippen LogP contribution in [0, 0.1) is 0 Å². The summed E-state index contributed by atoms with van der Waals surface area (Å²) in [5, 5.41) is 3.86. The number of aryl methyl sites for hydroxylation is 1. The van der Waals surface area contributed by atoms with E-state index in [1.807, 2.05) is 31.2 Å². The molecule has 28 heavy (non-hydrogen) atoms. The van der Waals surface area contributed by atoms with Crippen LogP contribution in [-0.2, 0) is 11.3 Å². The molecule has 0 spiro atoms. The monoisotopic (exact) mass is 394 g/mol. The summed E-state index contributed by atoms with van der Waals surface area (Å²) >= 11 is 1.39. The van der Waals surface area contributed by atoms with Gasteiger partial charge in [-0.05, 0) is 31.2 Å². The largest absolute Gasteiger partial charge is 0.492 e. The molecule has 142 valence electrons. The van der Waals surface area contributed by atoms with Crippen LogP contribution in [0.3, 0.4) is 0 Å². The second-order valence-electron chi connectivity index (χ2n) is 6.11. The average Bonchev–Trinajstić information content (AvgIpc) is 3.11. The summed E-state index contributed by atoms with van der Waals surface area (Å²) in [5.74, 6) is 0.489. The fourth-order valence-electron chi connectivity index (χ4n) is 2.92. The van der Waals surface area contributed by atoms with Crippen molar-refractivity contribution in [2.75, 3.05) is 11.9 Å². The highest BCUT2D eigenvalue weighted by Crippen LogP contribution is 2.32. The third-order valence-electron chi connectivity index (χ3n) is 4.24. The number of hydrogen-bond donors (Lipinski definition) is 1. The van der Waals surface area contributed by atoms with Gasteiger partial charge >= 0.3 is 0 Å². The zero-order valence-corrected chi connectivity index (χ0v) is 16.0. The van der Waals surface area contributed by atoms with Gasteiger partial charge in [0.05, 0.1) is 28.5 Å². The van der Waals surface area contributed by atoms with Gasteiger partial charge in [0.15, 0.2) is 5.13 Å². The number of hydrogen-bond acceptors (Lipinski definition) is 6. The van der Waals surface area contributed by atoms with Crippen LogP contribution in [0.15, 0.2) is 53.6 Å². The van der Waals surface area contributed by atoms with E-state index in [4.69, 9.17) is 4.74 Å². The number of ether oxygens (including phenoxy) is 1. The van der Waals surface area contributed by atoms with Crippen molar-refractivity contribution in [2.45, 2.75) is 19.9 Å². The Hall–Kier alpha value is -3.26. The van der Waals surface area contributed by atoms with Crippen LogP contribution in [-0.4, -0.2) is 27.0 Å². The first-order valence-corrected chi connectivity index (χ1v) is 9.73. The van der Waals surface area contributed by atoms with Crippen molar-refractivity contribution in [3.8, 4) is 5.75 Å². The zero-order chi connectivity index (χ0) is 19.5. The van der Waals surface area contributed by atoms with Gasteiger partial charge in [-0.1, -0.05) is 29.5 Å². The van der Waals surface area contributed by atoms with E-state index in [1.54, 1.807) is 18.2 Å². The predicted octanol–water partition coefficient (Wildman–Crippen LogP) is 3.43. The highest BCUT2D eigenvalue weighted by atomic mass is 32.1. The first kappa shape index (κ1) is 18.1. The van der Waals surface area contributed by atoms with Gasteiger partial charge in [0.25, 0.3) is 5.56 Å². The van der Waals surface area contributed by atoms with Crippen LogP contribution in [0.5, 0.6) is 5.75 Å². The van der Waals surface area contributed by atoms with Gasteiger partial charge in [-0.3, -0.25) is 14.2 Å². The number of fused-ring (bicyclic) bond motifs is 2. The molecule has 2 aromatic carbocycles. The van der Waals surface area contributed by atoms with Crippen LogP contribution in [0.1, 0.15) is 13.3 Å². The molecule has 4 rings (SSSR count). The summed E-state index contributed by atoms with van der Waals surface area (Å²) < 4.78 is 7.97. The molecule has 7 nitrogen and oxygen atoms in total. The van der Waals surface area contributed by atoms with E-state index in [0.717, 1.165) is 10.2 Å². The maximum atomic E-state index is 12.5. The van der Waals surface area contributed by atoms with E-state index in [0.29, 0.717) is 28.4 Å². The quantitative estimate of drug-likeness (QED) is 0.541. The molecule has 0 aliphatic rings. The molecule has 0 saturated heterocycles. The maximum Gasteiger partial charge on any atom is 0.261 e. The summed E-state index contributed by atoms with van der Waals surface area (Å²) in [5.41, 5.74) is 1.23. The number of thiazole rings is 1. The van der Waals surface area contributed by atoms with Crippen LogP contribution in [0.4, 0.5) is 5.13 Å². The van der Waals surface area contributed by atoms with Crippen molar-refractivity contribution < 1.29 is 9.53 Å². The first-order chi connectivity index (χ1) is 13.7. The minimum absolute atomic E-state index is 0.147. The number of para-hydroxylation sites is 2. The van der Waals surface area contributed by atoms with Crippen molar-refractivity contribution >= 4 is 43.5 Å². The highest BCUT2D eigenvalue weighted by molar-refractivity contribution is 7.22. The van der Waals surface area contributed by atoms with E-state index < -0.39 is 0 Å². The zero-order valence-electron chi connectivity index (χ0n) is 15.2. The summed E-state index contributed by atoms with van der Waals surface area (Å²) in [7, 11) is 0. The van der Waals surface area contributed by atoms with E-state index in [9.17, 15) is 9.59 Å². The van der Waals surface area contributed by atoms with Gasteiger partial charge in [-0.25, -0.2) is 9.97 Å². The lowest BCUT2D eigenvalue weighted by Gasteiger charge is -2.06. The average molecular weight is 394 g/mol. The summed E-state index contributed by atoms with van der Waals surface area (Å²) in [6.07, 6.45) is 1.62. The third-order valence-corrected chi connectivity index (χ3v) is 5.18. The van der Waals surface area contributed by atoms with Crippen molar-refractivity contribution in [1.29, 1.82) is 0 Å². The summed E-state index contributed by atoms with van der Waals surface area (Å²) in [6, 6.07) is 12.8. The maximum absolute atomic E-state index is 12.5. The Morgan fingerprint density at radius 2 is 2.07 bits per heavy atom. The lowest BCUT2D eigenvalue weighted by Crippen LogP contribution is -2.23. The highest BCUT2D eigenvalue weighted by Gasteiger charge is 2.12. The Morgan fingerprint density at radius 3 is 2.93 bits per heavy atom. The van der Waals surface area contributed by atoms with Crippen molar-refractivity contribution in [2.24, 2.45) is 0 Å². The van der Waals surface area contributed by atoms with Crippen LogP contribution in [0.2, 0.25) is 0 Å². The van der Waals surface area contributed by atoms with Crippen LogP contribution < -0.4 is 15.6 Å². The van der Waals surface area contributed by atoms with Crippen molar-refractivity contribution in [1.82, 2.24) is 14.5 Å². The minimum Gasteiger partial charge on any atom is -0.492 e. The van der Waals surface area contributed by atoms with Crippen molar-refractivity contribution in [3.63, 3.8) is 0 Å². The molecule has 0 atom stereocenters. The standard InChI is InChI=1S/C20H18N4O3S/c1-2-27-15-8-5-9-16-18(15)23-20(28-16)22-17(25)10-11-24-12-21-14-7-4-3-6-13(14)19(24)26/h3-9,12H,2,10-11H2,1H3,(H,22,23,25). The molecule has 0 bridgehead atoms. The van der Waals surface area contributed by atoms with Gasteiger partial charge in [0.1, 0.15) is 11.3 Å². The minimum atomic E-state index is -0.211. The SMILES string of the molecule is CCOc1cccc2sc(NC(=O)CCn3cnc4ccccc4c3=O)nc12. The number of aromatic nitrogens is 3. The topological polar surface area (TPSA) is 86.1 Å². The Kier molecular flexibility index (Phi) is 5.03. The number of rotatable bonds is 6. The summed E-state index contributed by atoms with van der Waals surface area (Å²) in [4.78, 5) is 33.6.